The fourth-order valence-electron chi connectivity index (χ4n) is 3.11. The Bertz CT molecular complexity index is 486. The molecule has 0 aromatic heterocycles. The quantitative estimate of drug-likeness (QED) is 0.819. The van der Waals surface area contributed by atoms with Crippen LogP contribution in [0, 0.1) is 0 Å². The van der Waals surface area contributed by atoms with E-state index in [0.717, 1.165) is 32.4 Å². The molecule has 1 amide bonds. The second-order valence-electron chi connectivity index (χ2n) is 6.02. The number of carboxylic acids is 1. The molecule has 0 bridgehead atoms. The normalized spacial score (nSPS) is 18.7. The first kappa shape index (κ1) is 16.5. The molecule has 4 nitrogen and oxygen atoms in total. The maximum absolute atomic E-state index is 12.2. The van der Waals surface area contributed by atoms with Gasteiger partial charge in [0.2, 0.25) is 5.91 Å². The predicted molar refractivity (Wildman–Crippen MR) is 85.7 cm³/mol. The molecule has 0 aliphatic carbocycles. The van der Waals surface area contributed by atoms with Gasteiger partial charge in [0.1, 0.15) is 0 Å². The van der Waals surface area contributed by atoms with E-state index < -0.39 is 5.97 Å². The SMILES string of the molecule is O=C(O)CCCCC(=O)N1CCCC(c2ccccc2)CC1. The van der Waals surface area contributed by atoms with E-state index in [-0.39, 0.29) is 12.3 Å². The number of nitrogens with zero attached hydrogens (tertiary/aromatic N) is 1. The standard InChI is InChI=1S/C18H25NO3/c20-17(10-4-5-11-18(21)22)19-13-6-9-16(12-14-19)15-7-2-1-3-8-15/h1-3,7-8,16H,4-6,9-14H2,(H,21,22). The van der Waals surface area contributed by atoms with Gasteiger partial charge in [0.05, 0.1) is 0 Å². The van der Waals surface area contributed by atoms with Crippen molar-refractivity contribution in [1.29, 1.82) is 0 Å². The summed E-state index contributed by atoms with van der Waals surface area (Å²) in [6.07, 6.45) is 5.08. The first-order chi connectivity index (χ1) is 10.7. The first-order valence-electron chi connectivity index (χ1n) is 8.21. The molecule has 1 N–H and O–H groups in total. The third-order valence-electron chi connectivity index (χ3n) is 4.38. The Balaban J connectivity index is 1.77. The number of carbonyl (C=O) groups excluding carboxylic acids is 1. The van der Waals surface area contributed by atoms with E-state index in [2.05, 4.69) is 24.3 Å². The fraction of sp³-hybridized carbons (Fsp3) is 0.556. The summed E-state index contributed by atoms with van der Waals surface area (Å²) < 4.78 is 0. The van der Waals surface area contributed by atoms with Crippen molar-refractivity contribution in [3.63, 3.8) is 0 Å². The molecular formula is C18H25NO3. The number of hydrogen-bond acceptors (Lipinski definition) is 2. The summed E-state index contributed by atoms with van der Waals surface area (Å²) in [6.45, 7) is 1.65. The third-order valence-corrected chi connectivity index (χ3v) is 4.38. The lowest BCUT2D eigenvalue weighted by atomic mass is 9.92. The molecule has 0 spiro atoms. The highest BCUT2D eigenvalue weighted by Gasteiger charge is 2.21. The summed E-state index contributed by atoms with van der Waals surface area (Å²) in [7, 11) is 0. The van der Waals surface area contributed by atoms with Crippen molar-refractivity contribution in [3.8, 4) is 0 Å². The van der Waals surface area contributed by atoms with Gasteiger partial charge in [-0.3, -0.25) is 9.59 Å². The minimum absolute atomic E-state index is 0.156. The average molecular weight is 303 g/mol. The summed E-state index contributed by atoms with van der Waals surface area (Å²) in [5.41, 5.74) is 1.37. The van der Waals surface area contributed by atoms with Crippen molar-refractivity contribution >= 4 is 11.9 Å². The molecule has 1 heterocycles. The van der Waals surface area contributed by atoms with E-state index in [1.807, 2.05) is 11.0 Å². The van der Waals surface area contributed by atoms with Crippen molar-refractivity contribution in [2.24, 2.45) is 0 Å². The molecule has 1 saturated heterocycles. The van der Waals surface area contributed by atoms with Gasteiger partial charge < -0.3 is 10.0 Å². The molecular weight excluding hydrogens is 278 g/mol. The Morgan fingerprint density at radius 2 is 1.77 bits per heavy atom. The number of aliphatic carboxylic acids is 1. The molecule has 1 unspecified atom stereocenters. The molecule has 2 rings (SSSR count). The van der Waals surface area contributed by atoms with Crippen molar-refractivity contribution in [2.75, 3.05) is 13.1 Å². The molecule has 1 aromatic rings. The Morgan fingerprint density at radius 1 is 1.05 bits per heavy atom. The number of rotatable bonds is 6. The number of carbonyl (C=O) groups is 2. The third kappa shape index (κ3) is 5.17. The Kier molecular flexibility index (Phi) is 6.44. The Hall–Kier alpha value is -1.84. The molecule has 1 aliphatic rings. The lowest BCUT2D eigenvalue weighted by molar-refractivity contribution is -0.137. The number of benzene rings is 1. The fourth-order valence-corrected chi connectivity index (χ4v) is 3.11. The smallest absolute Gasteiger partial charge is 0.303 e. The molecule has 120 valence electrons. The zero-order valence-electron chi connectivity index (χ0n) is 13.0. The average Bonchev–Trinajstić information content (AvgIpc) is 2.78. The van der Waals surface area contributed by atoms with Crippen LogP contribution in [0.4, 0.5) is 0 Å². The van der Waals surface area contributed by atoms with Crippen LogP contribution in [0.2, 0.25) is 0 Å². The van der Waals surface area contributed by atoms with Gasteiger partial charge in [0, 0.05) is 25.9 Å². The van der Waals surface area contributed by atoms with E-state index in [0.29, 0.717) is 25.2 Å². The molecule has 0 radical (unpaired) electrons. The van der Waals surface area contributed by atoms with Gasteiger partial charge in [-0.1, -0.05) is 30.3 Å². The summed E-state index contributed by atoms with van der Waals surface area (Å²) in [4.78, 5) is 24.6. The van der Waals surface area contributed by atoms with Gasteiger partial charge in [0.25, 0.3) is 0 Å². The van der Waals surface area contributed by atoms with Crippen molar-refractivity contribution in [3.05, 3.63) is 35.9 Å². The van der Waals surface area contributed by atoms with E-state index >= 15 is 0 Å². The number of likely N-dealkylation sites (tertiary alicyclic amines) is 1. The second-order valence-corrected chi connectivity index (χ2v) is 6.02. The maximum atomic E-state index is 12.2. The van der Waals surface area contributed by atoms with Crippen LogP contribution in [0.5, 0.6) is 0 Å². The van der Waals surface area contributed by atoms with Crippen molar-refractivity contribution in [1.82, 2.24) is 4.90 Å². The molecule has 0 saturated carbocycles. The van der Waals surface area contributed by atoms with Crippen LogP contribution in [-0.2, 0) is 9.59 Å². The molecule has 1 atom stereocenters. The van der Waals surface area contributed by atoms with Crippen LogP contribution in [-0.4, -0.2) is 35.0 Å². The Labute approximate surface area is 132 Å². The van der Waals surface area contributed by atoms with Crippen LogP contribution < -0.4 is 0 Å². The zero-order valence-corrected chi connectivity index (χ0v) is 13.0. The topological polar surface area (TPSA) is 57.6 Å². The largest absolute Gasteiger partial charge is 0.481 e. The monoisotopic (exact) mass is 303 g/mol. The molecule has 1 aromatic carbocycles. The predicted octanol–water partition coefficient (Wildman–Crippen LogP) is 3.43. The van der Waals surface area contributed by atoms with E-state index in [1.165, 1.54) is 5.56 Å². The summed E-state index contributed by atoms with van der Waals surface area (Å²) >= 11 is 0. The summed E-state index contributed by atoms with van der Waals surface area (Å²) in [6, 6.07) is 10.5. The van der Waals surface area contributed by atoms with Crippen LogP contribution in [0.15, 0.2) is 30.3 Å². The molecule has 22 heavy (non-hydrogen) atoms. The van der Waals surface area contributed by atoms with Gasteiger partial charge in [-0.25, -0.2) is 0 Å². The van der Waals surface area contributed by atoms with E-state index in [1.54, 1.807) is 0 Å². The highest BCUT2D eigenvalue weighted by Crippen LogP contribution is 2.28. The lowest BCUT2D eigenvalue weighted by Crippen LogP contribution is -2.31. The van der Waals surface area contributed by atoms with Crippen molar-refractivity contribution < 1.29 is 14.7 Å². The van der Waals surface area contributed by atoms with Crippen LogP contribution >= 0.6 is 0 Å². The van der Waals surface area contributed by atoms with Gasteiger partial charge in [-0.2, -0.15) is 0 Å². The van der Waals surface area contributed by atoms with E-state index in [9.17, 15) is 9.59 Å². The lowest BCUT2D eigenvalue weighted by Gasteiger charge is -2.20. The second kappa shape index (κ2) is 8.57. The first-order valence-corrected chi connectivity index (χ1v) is 8.21. The van der Waals surface area contributed by atoms with Gasteiger partial charge in [0.15, 0.2) is 0 Å². The van der Waals surface area contributed by atoms with Crippen molar-refractivity contribution in [2.45, 2.75) is 50.9 Å². The van der Waals surface area contributed by atoms with Gasteiger partial charge >= 0.3 is 5.97 Å². The zero-order chi connectivity index (χ0) is 15.8. The highest BCUT2D eigenvalue weighted by atomic mass is 16.4. The minimum Gasteiger partial charge on any atom is -0.481 e. The van der Waals surface area contributed by atoms with Crippen LogP contribution in [0.25, 0.3) is 0 Å². The number of carboxylic acid groups (broad SMARTS) is 1. The molecule has 4 heteroatoms. The maximum Gasteiger partial charge on any atom is 0.303 e. The van der Waals surface area contributed by atoms with Crippen LogP contribution in [0.3, 0.4) is 0 Å². The highest BCUT2D eigenvalue weighted by molar-refractivity contribution is 5.76. The molecule has 1 aliphatic heterocycles. The van der Waals surface area contributed by atoms with E-state index in [4.69, 9.17) is 5.11 Å². The number of unbranched alkanes of at least 4 members (excludes halogenated alkanes) is 1. The molecule has 1 fully saturated rings. The number of hydrogen-bond donors (Lipinski definition) is 1. The number of amides is 1. The minimum atomic E-state index is -0.784. The van der Waals surface area contributed by atoms with Gasteiger partial charge in [-0.05, 0) is 43.6 Å². The van der Waals surface area contributed by atoms with Crippen LogP contribution in [0.1, 0.15) is 56.4 Å². The summed E-state index contributed by atoms with van der Waals surface area (Å²) in [5, 5.41) is 8.61. The van der Waals surface area contributed by atoms with Gasteiger partial charge in [-0.15, -0.1) is 0 Å². The Morgan fingerprint density at radius 3 is 2.50 bits per heavy atom. The summed E-state index contributed by atoms with van der Waals surface area (Å²) in [5.74, 6) is -0.0574.